The van der Waals surface area contributed by atoms with Crippen LogP contribution < -0.4 is 10.6 Å². The van der Waals surface area contributed by atoms with Crippen molar-refractivity contribution in [1.29, 1.82) is 5.26 Å². The molecule has 2 heterocycles. The molecule has 29 heavy (non-hydrogen) atoms. The summed E-state index contributed by atoms with van der Waals surface area (Å²) in [6.07, 6.45) is 1.68. The maximum absolute atomic E-state index is 14.8. The van der Waals surface area contributed by atoms with Gasteiger partial charge in [-0.25, -0.2) is 4.39 Å². The molecule has 0 radical (unpaired) electrons. The molecule has 148 valence electrons. The van der Waals surface area contributed by atoms with Crippen molar-refractivity contribution >= 4 is 54.7 Å². The van der Waals surface area contributed by atoms with Gasteiger partial charge in [-0.3, -0.25) is 9.69 Å². The highest BCUT2D eigenvalue weighted by Crippen LogP contribution is 2.49. The third-order valence-electron chi connectivity index (χ3n) is 5.22. The Morgan fingerprint density at radius 3 is 2.69 bits per heavy atom. The standard InChI is InChI=1S/C21H16Br2FN3OS/c1-10-13(23)8-18(29-10)19-12(9-25)21(26)27(15-6-5-11(22)7-14(15)24)16-3-2-4-17(28)20(16)19/h5-8,19H,2-4,26H2,1H3. The smallest absolute Gasteiger partial charge is 0.161 e. The number of aryl methyl sites for hydroxylation is 1. The summed E-state index contributed by atoms with van der Waals surface area (Å²) < 4.78 is 16.4. The molecule has 1 aromatic carbocycles. The Bertz CT molecular complexity index is 1130. The zero-order chi connectivity index (χ0) is 20.9. The van der Waals surface area contributed by atoms with Gasteiger partial charge in [0.05, 0.1) is 23.2 Å². The number of thiophene rings is 1. The lowest BCUT2D eigenvalue weighted by Gasteiger charge is -2.39. The molecule has 1 aliphatic heterocycles. The topological polar surface area (TPSA) is 70.1 Å². The molecule has 4 nitrogen and oxygen atoms in total. The lowest BCUT2D eigenvalue weighted by atomic mass is 9.78. The highest BCUT2D eigenvalue weighted by atomic mass is 79.9. The molecule has 4 rings (SSSR count). The fourth-order valence-electron chi connectivity index (χ4n) is 3.93. The van der Waals surface area contributed by atoms with Crippen LogP contribution in [0.5, 0.6) is 0 Å². The number of benzene rings is 1. The molecular formula is C21H16Br2FN3OS. The highest BCUT2D eigenvalue weighted by Gasteiger charge is 2.41. The van der Waals surface area contributed by atoms with Crippen LogP contribution in [0.25, 0.3) is 0 Å². The molecule has 0 fully saturated rings. The number of rotatable bonds is 2. The predicted molar refractivity (Wildman–Crippen MR) is 119 cm³/mol. The van der Waals surface area contributed by atoms with E-state index < -0.39 is 11.7 Å². The van der Waals surface area contributed by atoms with Crippen LogP contribution in [0.1, 0.15) is 34.9 Å². The highest BCUT2D eigenvalue weighted by molar-refractivity contribution is 9.10. The molecule has 1 aliphatic carbocycles. The summed E-state index contributed by atoms with van der Waals surface area (Å²) in [5.74, 6) is -0.833. The van der Waals surface area contributed by atoms with Gasteiger partial charge in [0.1, 0.15) is 11.6 Å². The minimum absolute atomic E-state index is 0.0128. The molecular weight excluding hydrogens is 521 g/mol. The number of nitriles is 1. The third kappa shape index (κ3) is 3.35. The minimum Gasteiger partial charge on any atom is -0.384 e. The average molecular weight is 537 g/mol. The molecule has 0 saturated carbocycles. The second-order valence-electron chi connectivity index (χ2n) is 6.96. The van der Waals surface area contributed by atoms with Crippen molar-refractivity contribution in [3.05, 3.63) is 71.4 Å². The zero-order valence-corrected chi connectivity index (χ0v) is 19.4. The van der Waals surface area contributed by atoms with E-state index in [-0.39, 0.29) is 22.9 Å². The molecule has 1 atom stereocenters. The Labute approximate surface area is 188 Å². The van der Waals surface area contributed by atoms with Crippen LogP contribution in [0.2, 0.25) is 0 Å². The first-order valence-corrected chi connectivity index (χ1v) is 11.4. The van der Waals surface area contributed by atoms with Crippen molar-refractivity contribution in [3.63, 3.8) is 0 Å². The summed E-state index contributed by atoms with van der Waals surface area (Å²) in [6, 6.07) is 8.82. The lowest BCUT2D eigenvalue weighted by Crippen LogP contribution is -2.39. The Morgan fingerprint density at radius 1 is 1.31 bits per heavy atom. The van der Waals surface area contributed by atoms with Gasteiger partial charge in [0.2, 0.25) is 0 Å². The number of carbonyl (C=O) groups excluding carboxylic acids is 1. The minimum atomic E-state index is -0.521. The van der Waals surface area contributed by atoms with Gasteiger partial charge < -0.3 is 5.73 Å². The Morgan fingerprint density at radius 2 is 2.07 bits per heavy atom. The quantitative estimate of drug-likeness (QED) is 0.509. The molecule has 8 heteroatoms. The monoisotopic (exact) mass is 535 g/mol. The van der Waals surface area contributed by atoms with Crippen LogP contribution in [0.3, 0.4) is 0 Å². The molecule has 1 unspecified atom stereocenters. The summed E-state index contributed by atoms with van der Waals surface area (Å²) >= 11 is 8.32. The van der Waals surface area contributed by atoms with Gasteiger partial charge in [-0.15, -0.1) is 11.3 Å². The average Bonchev–Trinajstić information content (AvgIpc) is 3.00. The van der Waals surface area contributed by atoms with E-state index in [0.29, 0.717) is 35.0 Å². The Kier molecular flexibility index (Phi) is 5.40. The van der Waals surface area contributed by atoms with Gasteiger partial charge in [-0.05, 0) is 60.0 Å². The Hall–Kier alpha value is -1.95. The number of anilines is 1. The summed E-state index contributed by atoms with van der Waals surface area (Å²) in [5, 5.41) is 9.97. The zero-order valence-electron chi connectivity index (χ0n) is 15.4. The first-order chi connectivity index (χ1) is 13.8. The summed E-state index contributed by atoms with van der Waals surface area (Å²) in [6.45, 7) is 1.97. The molecule has 2 N–H and O–H groups in total. The largest absolute Gasteiger partial charge is 0.384 e. The van der Waals surface area contributed by atoms with Crippen molar-refractivity contribution in [2.24, 2.45) is 5.73 Å². The van der Waals surface area contributed by atoms with Crippen LogP contribution in [-0.2, 0) is 4.79 Å². The molecule has 2 aromatic rings. The maximum Gasteiger partial charge on any atom is 0.161 e. The second kappa shape index (κ2) is 7.71. The number of halogens is 3. The molecule has 0 bridgehead atoms. The number of ketones is 1. The number of hydrogen-bond acceptors (Lipinski definition) is 5. The summed E-state index contributed by atoms with van der Waals surface area (Å²) in [4.78, 5) is 16.5. The van der Waals surface area contributed by atoms with E-state index in [9.17, 15) is 14.4 Å². The van der Waals surface area contributed by atoms with E-state index in [2.05, 4.69) is 37.9 Å². The SMILES string of the molecule is Cc1sc(C2C(C#N)=C(N)N(c3ccc(Br)cc3F)C3=C2C(=O)CCC3)cc1Br. The van der Waals surface area contributed by atoms with E-state index in [4.69, 9.17) is 5.73 Å². The molecule has 2 aliphatic rings. The van der Waals surface area contributed by atoms with Gasteiger partial charge in [0.25, 0.3) is 0 Å². The lowest BCUT2D eigenvalue weighted by molar-refractivity contribution is -0.116. The van der Waals surface area contributed by atoms with Crippen molar-refractivity contribution in [2.75, 3.05) is 4.90 Å². The number of carbonyl (C=O) groups is 1. The van der Waals surface area contributed by atoms with Crippen molar-refractivity contribution < 1.29 is 9.18 Å². The van der Waals surface area contributed by atoms with Crippen LogP contribution in [0.15, 0.2) is 55.9 Å². The van der Waals surface area contributed by atoms with Crippen LogP contribution in [0.4, 0.5) is 10.1 Å². The van der Waals surface area contributed by atoms with E-state index in [1.165, 1.54) is 17.4 Å². The van der Waals surface area contributed by atoms with Gasteiger partial charge in [-0.2, -0.15) is 5.26 Å². The van der Waals surface area contributed by atoms with E-state index >= 15 is 0 Å². The summed E-state index contributed by atoms with van der Waals surface area (Å²) in [5.41, 5.74) is 8.20. The van der Waals surface area contributed by atoms with E-state index in [1.807, 2.05) is 13.0 Å². The normalized spacial score (nSPS) is 19.5. The van der Waals surface area contributed by atoms with Crippen molar-refractivity contribution in [1.82, 2.24) is 0 Å². The molecule has 0 saturated heterocycles. The second-order valence-corrected chi connectivity index (χ2v) is 10.0. The Balaban J connectivity index is 1.99. The number of nitrogens with two attached hydrogens (primary N) is 1. The van der Waals surface area contributed by atoms with Crippen LogP contribution in [0, 0.1) is 24.1 Å². The van der Waals surface area contributed by atoms with E-state index in [0.717, 1.165) is 14.2 Å². The van der Waals surface area contributed by atoms with Crippen molar-refractivity contribution in [2.45, 2.75) is 32.1 Å². The number of Topliss-reactive ketones (excluding diaryl/α,β-unsaturated/α-hetero) is 1. The first-order valence-electron chi connectivity index (χ1n) is 9.00. The fourth-order valence-corrected chi connectivity index (χ4v) is 5.95. The third-order valence-corrected chi connectivity index (χ3v) is 7.92. The van der Waals surface area contributed by atoms with E-state index in [1.54, 1.807) is 17.0 Å². The molecule has 0 amide bonds. The predicted octanol–water partition coefficient (Wildman–Crippen LogP) is 6.03. The van der Waals surface area contributed by atoms with Gasteiger partial charge in [-0.1, -0.05) is 15.9 Å². The van der Waals surface area contributed by atoms with Gasteiger partial charge >= 0.3 is 0 Å². The van der Waals surface area contributed by atoms with Crippen LogP contribution in [-0.4, -0.2) is 5.78 Å². The summed E-state index contributed by atoms with van der Waals surface area (Å²) in [7, 11) is 0. The van der Waals surface area contributed by atoms with Crippen LogP contribution >= 0.6 is 43.2 Å². The number of hydrogen-bond donors (Lipinski definition) is 1. The van der Waals surface area contributed by atoms with Gasteiger partial charge in [0, 0.05) is 36.4 Å². The maximum atomic E-state index is 14.8. The number of nitrogens with zero attached hydrogens (tertiary/aromatic N) is 2. The first kappa shape index (κ1) is 20.3. The molecule has 1 aromatic heterocycles. The molecule has 0 spiro atoms. The van der Waals surface area contributed by atoms with Gasteiger partial charge in [0.15, 0.2) is 5.78 Å². The fraction of sp³-hybridized carbons (Fsp3) is 0.238. The van der Waals surface area contributed by atoms with Crippen molar-refractivity contribution in [3.8, 4) is 6.07 Å². The number of allylic oxidation sites excluding steroid dienone is 3.